The number of anilines is 1. The highest BCUT2D eigenvalue weighted by Crippen LogP contribution is 2.34. The van der Waals surface area contributed by atoms with Crippen LogP contribution in [-0.4, -0.2) is 17.0 Å². The molecule has 1 aliphatic rings. The largest absolute Gasteiger partial charge is 0.478 e. The fourth-order valence-electron chi connectivity index (χ4n) is 2.68. The summed E-state index contributed by atoms with van der Waals surface area (Å²) in [6.07, 6.45) is 3.91. The minimum atomic E-state index is -1.14. The molecule has 0 atom stereocenters. The van der Waals surface area contributed by atoms with Crippen molar-refractivity contribution in [2.75, 3.05) is 5.32 Å². The predicted octanol–water partition coefficient (Wildman–Crippen LogP) is 2.52. The molecule has 0 aliphatic heterocycles. The molecule has 100 valence electrons. The van der Waals surface area contributed by atoms with E-state index in [2.05, 4.69) is 11.4 Å². The number of rotatable bonds is 3. The molecule has 0 heterocycles. The lowest BCUT2D eigenvalue weighted by Crippen LogP contribution is -2.09. The second kappa shape index (κ2) is 4.81. The number of hydrogen-bond donors (Lipinski definition) is 2. The summed E-state index contributed by atoms with van der Waals surface area (Å²) in [5.41, 5.74) is 3.32. The van der Waals surface area contributed by atoms with Crippen LogP contribution in [-0.2, 0) is 22.4 Å². The average molecular weight is 267 g/mol. The Hall–Kier alpha value is -2.62. The molecule has 0 radical (unpaired) electrons. The van der Waals surface area contributed by atoms with Gasteiger partial charge in [0.05, 0.1) is 0 Å². The Morgan fingerprint density at radius 2 is 1.80 bits per heavy atom. The summed E-state index contributed by atoms with van der Waals surface area (Å²) in [5, 5.41) is 13.5. The number of nitrogens with one attached hydrogen (secondary N) is 1. The van der Waals surface area contributed by atoms with E-state index in [4.69, 9.17) is 5.11 Å². The SMILES string of the molecule is O=C(O)C=CC(=O)Nc1ccc2c3c(cccc13)CC2. The van der Waals surface area contributed by atoms with E-state index in [1.807, 2.05) is 24.3 Å². The molecule has 1 aliphatic carbocycles. The molecule has 0 aromatic heterocycles. The maximum absolute atomic E-state index is 11.7. The monoisotopic (exact) mass is 267 g/mol. The zero-order chi connectivity index (χ0) is 14.1. The van der Waals surface area contributed by atoms with E-state index in [1.54, 1.807) is 0 Å². The highest BCUT2D eigenvalue weighted by molar-refractivity contribution is 6.09. The zero-order valence-corrected chi connectivity index (χ0v) is 10.7. The molecule has 4 heteroatoms. The van der Waals surface area contributed by atoms with Gasteiger partial charge in [0.2, 0.25) is 5.91 Å². The van der Waals surface area contributed by atoms with Gasteiger partial charge in [0.25, 0.3) is 0 Å². The first-order valence-electron chi connectivity index (χ1n) is 6.40. The first-order chi connectivity index (χ1) is 9.65. The van der Waals surface area contributed by atoms with Crippen LogP contribution in [0.1, 0.15) is 11.1 Å². The van der Waals surface area contributed by atoms with Crippen molar-refractivity contribution in [2.45, 2.75) is 12.8 Å². The Morgan fingerprint density at radius 1 is 1.05 bits per heavy atom. The molecule has 4 nitrogen and oxygen atoms in total. The summed E-state index contributed by atoms with van der Waals surface area (Å²) in [7, 11) is 0. The average Bonchev–Trinajstić information content (AvgIpc) is 2.85. The summed E-state index contributed by atoms with van der Waals surface area (Å²) in [4.78, 5) is 22.1. The van der Waals surface area contributed by atoms with E-state index in [9.17, 15) is 9.59 Å². The third-order valence-corrected chi connectivity index (χ3v) is 3.51. The number of carboxylic acid groups (broad SMARTS) is 1. The summed E-state index contributed by atoms with van der Waals surface area (Å²) >= 11 is 0. The van der Waals surface area contributed by atoms with Crippen LogP contribution >= 0.6 is 0 Å². The molecular formula is C16H13NO3. The summed E-state index contributed by atoms with van der Waals surface area (Å²) in [6, 6.07) is 9.96. The Kier molecular flexibility index (Phi) is 2.99. The van der Waals surface area contributed by atoms with Gasteiger partial charge in [-0.1, -0.05) is 24.3 Å². The Morgan fingerprint density at radius 3 is 2.55 bits per heavy atom. The summed E-state index contributed by atoms with van der Waals surface area (Å²) < 4.78 is 0. The molecule has 0 unspecified atom stereocenters. The molecule has 2 aromatic carbocycles. The van der Waals surface area contributed by atoms with Crippen molar-refractivity contribution < 1.29 is 14.7 Å². The maximum Gasteiger partial charge on any atom is 0.328 e. The lowest BCUT2D eigenvalue weighted by atomic mass is 10.0. The fraction of sp³-hybridized carbons (Fsp3) is 0.125. The van der Waals surface area contributed by atoms with Crippen molar-refractivity contribution in [1.82, 2.24) is 0 Å². The van der Waals surface area contributed by atoms with Crippen LogP contribution in [0.15, 0.2) is 42.5 Å². The molecule has 20 heavy (non-hydrogen) atoms. The molecule has 0 spiro atoms. The van der Waals surface area contributed by atoms with Gasteiger partial charge in [-0.2, -0.15) is 0 Å². The third kappa shape index (κ3) is 2.16. The van der Waals surface area contributed by atoms with Gasteiger partial charge in [-0.3, -0.25) is 4.79 Å². The molecule has 3 rings (SSSR count). The standard InChI is InChI=1S/C16H13NO3/c18-14(8-9-15(19)20)17-13-7-6-11-5-4-10-2-1-3-12(13)16(10)11/h1-3,6-9H,4-5H2,(H,17,18)(H,19,20). The van der Waals surface area contributed by atoms with E-state index < -0.39 is 11.9 Å². The first-order valence-corrected chi connectivity index (χ1v) is 6.40. The van der Waals surface area contributed by atoms with Crippen molar-refractivity contribution in [3.8, 4) is 0 Å². The van der Waals surface area contributed by atoms with Gasteiger partial charge in [0, 0.05) is 23.2 Å². The molecule has 0 fully saturated rings. The summed E-state index contributed by atoms with van der Waals surface area (Å²) in [6.45, 7) is 0. The quantitative estimate of drug-likeness (QED) is 0.840. The minimum Gasteiger partial charge on any atom is -0.478 e. The highest BCUT2D eigenvalue weighted by Gasteiger charge is 2.16. The van der Waals surface area contributed by atoms with E-state index in [0.29, 0.717) is 5.69 Å². The number of hydrogen-bond acceptors (Lipinski definition) is 2. The van der Waals surface area contributed by atoms with Gasteiger partial charge in [-0.25, -0.2) is 4.79 Å². The third-order valence-electron chi connectivity index (χ3n) is 3.51. The molecule has 0 saturated heterocycles. The van der Waals surface area contributed by atoms with Crippen molar-refractivity contribution in [3.63, 3.8) is 0 Å². The number of benzene rings is 2. The van der Waals surface area contributed by atoms with Gasteiger partial charge in [0.1, 0.15) is 0 Å². The van der Waals surface area contributed by atoms with Crippen molar-refractivity contribution >= 4 is 28.3 Å². The van der Waals surface area contributed by atoms with Crippen LogP contribution in [0.5, 0.6) is 0 Å². The van der Waals surface area contributed by atoms with E-state index >= 15 is 0 Å². The van der Waals surface area contributed by atoms with Crippen molar-refractivity contribution in [2.24, 2.45) is 0 Å². The lowest BCUT2D eigenvalue weighted by molar-refractivity contribution is -0.131. The second-order valence-corrected chi connectivity index (χ2v) is 4.77. The molecule has 0 bridgehead atoms. The van der Waals surface area contributed by atoms with Crippen LogP contribution in [0.3, 0.4) is 0 Å². The van der Waals surface area contributed by atoms with Crippen LogP contribution in [0.25, 0.3) is 10.8 Å². The molecule has 1 amide bonds. The highest BCUT2D eigenvalue weighted by atomic mass is 16.4. The van der Waals surface area contributed by atoms with Crippen LogP contribution in [0, 0.1) is 0 Å². The van der Waals surface area contributed by atoms with E-state index in [1.165, 1.54) is 16.5 Å². The van der Waals surface area contributed by atoms with Gasteiger partial charge < -0.3 is 10.4 Å². The Balaban J connectivity index is 1.98. The fourth-order valence-corrected chi connectivity index (χ4v) is 2.68. The Bertz CT molecular complexity index is 736. The van der Waals surface area contributed by atoms with Gasteiger partial charge in [-0.05, 0) is 35.4 Å². The van der Waals surface area contributed by atoms with Gasteiger partial charge >= 0.3 is 5.97 Å². The van der Waals surface area contributed by atoms with Crippen molar-refractivity contribution in [3.05, 3.63) is 53.6 Å². The number of carboxylic acids is 1. The smallest absolute Gasteiger partial charge is 0.328 e. The number of carbonyl (C=O) groups excluding carboxylic acids is 1. The second-order valence-electron chi connectivity index (χ2n) is 4.77. The minimum absolute atomic E-state index is 0.439. The van der Waals surface area contributed by atoms with Gasteiger partial charge in [-0.15, -0.1) is 0 Å². The zero-order valence-electron chi connectivity index (χ0n) is 10.7. The predicted molar refractivity (Wildman–Crippen MR) is 76.8 cm³/mol. The lowest BCUT2D eigenvalue weighted by Gasteiger charge is -2.09. The molecule has 0 saturated carbocycles. The number of aryl methyl sites for hydroxylation is 2. The maximum atomic E-state index is 11.7. The number of aliphatic carboxylic acids is 1. The van der Waals surface area contributed by atoms with Crippen molar-refractivity contribution in [1.29, 1.82) is 0 Å². The molecule has 2 aromatic rings. The van der Waals surface area contributed by atoms with Crippen LogP contribution in [0.4, 0.5) is 5.69 Å². The number of carbonyl (C=O) groups is 2. The van der Waals surface area contributed by atoms with Crippen LogP contribution < -0.4 is 5.32 Å². The normalized spacial score (nSPS) is 13.0. The van der Waals surface area contributed by atoms with E-state index in [-0.39, 0.29) is 0 Å². The first kappa shape index (κ1) is 12.4. The molecule has 2 N–H and O–H groups in total. The Labute approximate surface area is 115 Å². The topological polar surface area (TPSA) is 66.4 Å². The molecular weight excluding hydrogens is 254 g/mol. The summed E-state index contributed by atoms with van der Waals surface area (Å²) in [5.74, 6) is -1.58. The van der Waals surface area contributed by atoms with E-state index in [0.717, 1.165) is 30.4 Å². The number of amides is 1. The van der Waals surface area contributed by atoms with Crippen LogP contribution in [0.2, 0.25) is 0 Å². The van der Waals surface area contributed by atoms with Gasteiger partial charge in [0.15, 0.2) is 0 Å².